The molecule has 1 heterocycles. The number of benzene rings is 2. The summed E-state index contributed by atoms with van der Waals surface area (Å²) in [4.78, 5) is 12.7. The van der Waals surface area contributed by atoms with Gasteiger partial charge in [-0.05, 0) is 61.6 Å². The van der Waals surface area contributed by atoms with Gasteiger partial charge in [-0.2, -0.15) is 4.31 Å². The van der Waals surface area contributed by atoms with Crippen molar-refractivity contribution >= 4 is 27.5 Å². The number of carbonyl (C=O) groups is 1. The Morgan fingerprint density at radius 3 is 2.66 bits per heavy atom. The summed E-state index contributed by atoms with van der Waals surface area (Å²) in [6.45, 7) is 1.48. The number of carbonyl (C=O) groups excluding carboxylic acids is 1. The van der Waals surface area contributed by atoms with E-state index in [0.29, 0.717) is 19.6 Å². The van der Waals surface area contributed by atoms with Crippen LogP contribution in [-0.2, 0) is 16.4 Å². The van der Waals surface area contributed by atoms with Gasteiger partial charge in [0.2, 0.25) is 10.0 Å². The number of rotatable bonds is 8. The Bertz CT molecular complexity index is 972. The number of hydrogen-bond donors (Lipinski definition) is 1. The summed E-state index contributed by atoms with van der Waals surface area (Å²) in [5.74, 6) is 0.424. The largest absolute Gasteiger partial charge is 0.497 e. The van der Waals surface area contributed by atoms with Crippen molar-refractivity contribution in [2.75, 3.05) is 26.7 Å². The van der Waals surface area contributed by atoms with E-state index in [1.165, 1.54) is 22.5 Å². The average Bonchev–Trinajstić information content (AvgIpc) is 3.27. The smallest absolute Gasteiger partial charge is 0.252 e. The van der Waals surface area contributed by atoms with E-state index in [0.717, 1.165) is 37.0 Å². The standard InChI is InChI=1S/C21H25ClN2O4S/c1-28-17-8-4-6-16(14-17)7-5-11-23-21(25)19-15-18(9-10-20(19)22)29(26,27)24-12-2-3-13-24/h4,6,8-10,14-15H,2-3,5,7,11-13H2,1H3,(H,23,25). The summed E-state index contributed by atoms with van der Waals surface area (Å²) >= 11 is 6.16. The van der Waals surface area contributed by atoms with Crippen LogP contribution in [0.5, 0.6) is 5.75 Å². The molecule has 1 aliphatic heterocycles. The summed E-state index contributed by atoms with van der Waals surface area (Å²) in [5, 5.41) is 3.06. The van der Waals surface area contributed by atoms with Gasteiger partial charge >= 0.3 is 0 Å². The number of aryl methyl sites for hydroxylation is 1. The number of halogens is 1. The van der Waals surface area contributed by atoms with Crippen LogP contribution < -0.4 is 10.1 Å². The molecule has 0 aromatic heterocycles. The molecule has 0 aliphatic carbocycles. The predicted molar refractivity (Wildman–Crippen MR) is 113 cm³/mol. The van der Waals surface area contributed by atoms with Crippen molar-refractivity contribution in [1.29, 1.82) is 0 Å². The average molecular weight is 437 g/mol. The summed E-state index contributed by atoms with van der Waals surface area (Å²) in [7, 11) is -1.97. The first-order valence-corrected chi connectivity index (χ1v) is 11.4. The van der Waals surface area contributed by atoms with Crippen molar-refractivity contribution in [3.8, 4) is 5.75 Å². The zero-order valence-corrected chi connectivity index (χ0v) is 17.9. The lowest BCUT2D eigenvalue weighted by atomic mass is 10.1. The van der Waals surface area contributed by atoms with Gasteiger partial charge in [-0.15, -0.1) is 0 Å². The predicted octanol–water partition coefficient (Wildman–Crippen LogP) is 3.50. The lowest BCUT2D eigenvalue weighted by molar-refractivity contribution is 0.0953. The fourth-order valence-corrected chi connectivity index (χ4v) is 5.08. The maximum Gasteiger partial charge on any atom is 0.252 e. The Labute approximate surface area is 176 Å². The van der Waals surface area contributed by atoms with Crippen molar-refractivity contribution in [3.63, 3.8) is 0 Å². The third kappa shape index (κ3) is 5.29. The Morgan fingerprint density at radius 2 is 1.93 bits per heavy atom. The van der Waals surface area contributed by atoms with E-state index in [-0.39, 0.29) is 21.4 Å². The fourth-order valence-electron chi connectivity index (χ4n) is 3.33. The molecule has 0 atom stereocenters. The molecule has 156 valence electrons. The molecule has 1 N–H and O–H groups in total. The maximum atomic E-state index is 12.7. The Kier molecular flexibility index (Phi) is 7.16. The molecule has 1 aliphatic rings. The molecule has 0 radical (unpaired) electrons. The highest BCUT2D eigenvalue weighted by atomic mass is 35.5. The van der Waals surface area contributed by atoms with Crippen LogP contribution in [0.15, 0.2) is 47.4 Å². The van der Waals surface area contributed by atoms with Gasteiger partial charge in [0.1, 0.15) is 5.75 Å². The van der Waals surface area contributed by atoms with Crippen molar-refractivity contribution in [2.24, 2.45) is 0 Å². The number of amides is 1. The summed E-state index contributed by atoms with van der Waals surface area (Å²) in [5.41, 5.74) is 1.30. The van der Waals surface area contributed by atoms with Crippen LogP contribution in [-0.4, -0.2) is 45.4 Å². The van der Waals surface area contributed by atoms with Crippen LogP contribution in [0.3, 0.4) is 0 Å². The molecule has 2 aromatic carbocycles. The van der Waals surface area contributed by atoms with Crippen LogP contribution in [0.1, 0.15) is 35.2 Å². The third-order valence-electron chi connectivity index (χ3n) is 4.95. The lowest BCUT2D eigenvalue weighted by Crippen LogP contribution is -2.29. The molecule has 29 heavy (non-hydrogen) atoms. The van der Waals surface area contributed by atoms with Gasteiger partial charge in [-0.3, -0.25) is 4.79 Å². The molecule has 0 saturated carbocycles. The monoisotopic (exact) mass is 436 g/mol. The first kappa shape index (κ1) is 21.6. The summed E-state index contributed by atoms with van der Waals surface area (Å²) in [6.07, 6.45) is 3.23. The molecule has 3 rings (SSSR count). The van der Waals surface area contributed by atoms with Gasteiger partial charge in [0.15, 0.2) is 0 Å². The zero-order valence-electron chi connectivity index (χ0n) is 16.4. The van der Waals surface area contributed by atoms with Crippen LogP contribution >= 0.6 is 11.6 Å². The summed E-state index contributed by atoms with van der Waals surface area (Å²) < 4.78 is 32.1. The third-order valence-corrected chi connectivity index (χ3v) is 7.17. The molecule has 1 amide bonds. The van der Waals surface area contributed by atoms with E-state index in [4.69, 9.17) is 16.3 Å². The quantitative estimate of drug-likeness (QED) is 0.642. The first-order chi connectivity index (χ1) is 13.9. The molecule has 0 spiro atoms. The minimum atomic E-state index is -3.60. The molecular weight excluding hydrogens is 412 g/mol. The molecule has 1 fully saturated rings. The number of hydrogen-bond acceptors (Lipinski definition) is 4. The maximum absolute atomic E-state index is 12.7. The second kappa shape index (κ2) is 9.61. The number of nitrogens with one attached hydrogen (secondary N) is 1. The molecule has 0 unspecified atom stereocenters. The van der Waals surface area contributed by atoms with Crippen molar-refractivity contribution < 1.29 is 17.9 Å². The van der Waals surface area contributed by atoms with Crippen LogP contribution in [0.2, 0.25) is 5.02 Å². The van der Waals surface area contributed by atoms with Gasteiger partial charge in [0, 0.05) is 19.6 Å². The normalized spacial score (nSPS) is 14.7. The Balaban J connectivity index is 1.61. The SMILES string of the molecule is COc1cccc(CCCNC(=O)c2cc(S(=O)(=O)N3CCCC3)ccc2Cl)c1. The van der Waals surface area contributed by atoms with Crippen molar-refractivity contribution in [1.82, 2.24) is 9.62 Å². The Morgan fingerprint density at radius 1 is 1.17 bits per heavy atom. The fraction of sp³-hybridized carbons (Fsp3) is 0.381. The highest BCUT2D eigenvalue weighted by Crippen LogP contribution is 2.25. The molecule has 8 heteroatoms. The minimum Gasteiger partial charge on any atom is -0.497 e. The number of ether oxygens (including phenoxy) is 1. The van der Waals surface area contributed by atoms with E-state index in [9.17, 15) is 13.2 Å². The van der Waals surface area contributed by atoms with Crippen LogP contribution in [0.4, 0.5) is 0 Å². The lowest BCUT2D eigenvalue weighted by Gasteiger charge is -2.16. The van der Waals surface area contributed by atoms with Gasteiger partial charge < -0.3 is 10.1 Å². The molecule has 2 aromatic rings. The van der Waals surface area contributed by atoms with E-state index < -0.39 is 10.0 Å². The number of sulfonamides is 1. The van der Waals surface area contributed by atoms with E-state index in [1.54, 1.807) is 7.11 Å². The highest BCUT2D eigenvalue weighted by Gasteiger charge is 2.28. The van der Waals surface area contributed by atoms with Gasteiger partial charge in [-0.25, -0.2) is 8.42 Å². The molecular formula is C21H25ClN2O4S. The highest BCUT2D eigenvalue weighted by molar-refractivity contribution is 7.89. The molecule has 6 nitrogen and oxygen atoms in total. The topological polar surface area (TPSA) is 75.7 Å². The first-order valence-electron chi connectivity index (χ1n) is 9.62. The number of nitrogens with zero attached hydrogens (tertiary/aromatic N) is 1. The summed E-state index contributed by atoms with van der Waals surface area (Å²) in [6, 6.07) is 12.1. The second-order valence-corrected chi connectivity index (χ2v) is 9.31. The van der Waals surface area contributed by atoms with Crippen LogP contribution in [0, 0.1) is 0 Å². The van der Waals surface area contributed by atoms with Crippen molar-refractivity contribution in [3.05, 3.63) is 58.6 Å². The molecule has 0 bridgehead atoms. The van der Waals surface area contributed by atoms with Gasteiger partial charge in [-0.1, -0.05) is 23.7 Å². The van der Waals surface area contributed by atoms with Gasteiger partial charge in [0.05, 0.1) is 22.6 Å². The van der Waals surface area contributed by atoms with E-state index in [2.05, 4.69) is 5.32 Å². The van der Waals surface area contributed by atoms with Gasteiger partial charge in [0.25, 0.3) is 5.91 Å². The molecule has 1 saturated heterocycles. The Hall–Kier alpha value is -2.09. The second-order valence-electron chi connectivity index (χ2n) is 6.96. The van der Waals surface area contributed by atoms with Crippen molar-refractivity contribution in [2.45, 2.75) is 30.6 Å². The van der Waals surface area contributed by atoms with E-state index >= 15 is 0 Å². The van der Waals surface area contributed by atoms with E-state index in [1.807, 2.05) is 24.3 Å². The zero-order chi connectivity index (χ0) is 20.9. The minimum absolute atomic E-state index is 0.102. The van der Waals surface area contributed by atoms with Crippen LogP contribution in [0.25, 0.3) is 0 Å². The number of methoxy groups -OCH3 is 1.